The zero-order chi connectivity index (χ0) is 16.6. The summed E-state index contributed by atoms with van der Waals surface area (Å²) in [4.78, 5) is 8.42. The van der Waals surface area contributed by atoms with Gasteiger partial charge in [0.2, 0.25) is 0 Å². The summed E-state index contributed by atoms with van der Waals surface area (Å²) in [6.45, 7) is 6.61. The Morgan fingerprint density at radius 3 is 3.04 bits per heavy atom. The molecule has 0 saturated carbocycles. The summed E-state index contributed by atoms with van der Waals surface area (Å²) in [6.07, 6.45) is 7.48. The molecule has 0 bridgehead atoms. The highest BCUT2D eigenvalue weighted by molar-refractivity contribution is 6.18. The third kappa shape index (κ3) is 3.08. The van der Waals surface area contributed by atoms with Gasteiger partial charge in [-0.25, -0.2) is 9.97 Å². The van der Waals surface area contributed by atoms with Crippen LogP contribution in [0, 0.1) is 5.41 Å². The number of hydrogen-bond acceptors (Lipinski definition) is 4. The van der Waals surface area contributed by atoms with Crippen molar-refractivity contribution in [3.05, 3.63) is 30.2 Å². The lowest BCUT2D eigenvalue weighted by Gasteiger charge is -2.24. The highest BCUT2D eigenvalue weighted by Gasteiger charge is 2.42. The first kappa shape index (κ1) is 16.3. The summed E-state index contributed by atoms with van der Waals surface area (Å²) in [5.74, 6) is 1.05. The van der Waals surface area contributed by atoms with Gasteiger partial charge in [-0.05, 0) is 24.8 Å². The SMILES string of the molecule is C/C(=C\CCl)CC1OC(n2ccc3c(N)ncnc32)CC1(C)C. The molecule has 0 aliphatic carbocycles. The molecule has 0 spiro atoms. The Balaban J connectivity index is 1.87. The van der Waals surface area contributed by atoms with E-state index in [2.05, 4.69) is 35.3 Å². The normalized spacial score (nSPS) is 24.4. The monoisotopic (exact) mass is 334 g/mol. The molecule has 124 valence electrons. The highest BCUT2D eigenvalue weighted by Crippen LogP contribution is 2.45. The minimum absolute atomic E-state index is 0.0365. The molecule has 1 aliphatic heterocycles. The number of nitrogens with two attached hydrogens (primary N) is 1. The van der Waals surface area contributed by atoms with E-state index in [0.717, 1.165) is 23.9 Å². The van der Waals surface area contributed by atoms with Crippen LogP contribution in [-0.2, 0) is 4.74 Å². The molecule has 1 saturated heterocycles. The number of ether oxygens (including phenoxy) is 1. The van der Waals surface area contributed by atoms with Crippen LogP contribution in [0.25, 0.3) is 11.0 Å². The van der Waals surface area contributed by atoms with E-state index in [4.69, 9.17) is 22.1 Å². The number of aromatic nitrogens is 3. The van der Waals surface area contributed by atoms with Crippen molar-refractivity contribution in [2.75, 3.05) is 11.6 Å². The minimum Gasteiger partial charge on any atom is -0.383 e. The Bertz CT molecular complexity index is 737. The standard InChI is InChI=1S/C17H23ClN4O/c1-11(4-6-18)8-13-17(2,3)9-14(23-13)22-7-5-12-15(19)20-10-21-16(12)22/h4-5,7,10,13-14H,6,8-9H2,1-3H3,(H2,19,20,21)/b11-4+. The fourth-order valence-electron chi connectivity index (χ4n) is 3.22. The summed E-state index contributed by atoms with van der Waals surface area (Å²) in [7, 11) is 0. The number of fused-ring (bicyclic) bond motifs is 1. The van der Waals surface area contributed by atoms with Gasteiger partial charge in [0.1, 0.15) is 24.0 Å². The van der Waals surface area contributed by atoms with Crippen LogP contribution in [0.3, 0.4) is 0 Å². The van der Waals surface area contributed by atoms with Gasteiger partial charge in [0, 0.05) is 18.5 Å². The zero-order valence-electron chi connectivity index (χ0n) is 13.8. The van der Waals surface area contributed by atoms with Crippen LogP contribution in [0.1, 0.15) is 39.8 Å². The van der Waals surface area contributed by atoms with Gasteiger partial charge in [0.05, 0.1) is 11.5 Å². The van der Waals surface area contributed by atoms with Crippen LogP contribution in [-0.4, -0.2) is 26.5 Å². The van der Waals surface area contributed by atoms with Crippen molar-refractivity contribution in [3.8, 4) is 0 Å². The van der Waals surface area contributed by atoms with E-state index < -0.39 is 0 Å². The summed E-state index contributed by atoms with van der Waals surface area (Å²) >= 11 is 5.80. The third-order valence-corrected chi connectivity index (χ3v) is 4.83. The van der Waals surface area contributed by atoms with Gasteiger partial charge in [0.15, 0.2) is 0 Å². The smallest absolute Gasteiger partial charge is 0.147 e. The molecule has 2 aromatic rings. The van der Waals surface area contributed by atoms with Gasteiger partial charge in [-0.15, -0.1) is 11.6 Å². The maximum Gasteiger partial charge on any atom is 0.147 e. The van der Waals surface area contributed by atoms with Crippen molar-refractivity contribution in [3.63, 3.8) is 0 Å². The average molecular weight is 335 g/mol. The predicted molar refractivity (Wildman–Crippen MR) is 93.3 cm³/mol. The number of nitrogens with zero attached hydrogens (tertiary/aromatic N) is 3. The largest absolute Gasteiger partial charge is 0.383 e. The van der Waals surface area contributed by atoms with Crippen LogP contribution in [0.15, 0.2) is 30.2 Å². The molecule has 1 fully saturated rings. The number of nitrogen functional groups attached to an aromatic ring is 1. The molecular formula is C17H23ClN4O. The quantitative estimate of drug-likeness (QED) is 0.680. The molecule has 0 radical (unpaired) electrons. The fraction of sp³-hybridized carbons (Fsp3) is 0.529. The van der Waals surface area contributed by atoms with E-state index in [-0.39, 0.29) is 17.7 Å². The van der Waals surface area contributed by atoms with E-state index in [0.29, 0.717) is 11.7 Å². The van der Waals surface area contributed by atoms with Crippen molar-refractivity contribution in [2.45, 2.75) is 45.9 Å². The summed E-state index contributed by atoms with van der Waals surface area (Å²) in [5.41, 5.74) is 8.10. The van der Waals surface area contributed by atoms with Gasteiger partial charge in [0.25, 0.3) is 0 Å². The third-order valence-electron chi connectivity index (χ3n) is 4.68. The van der Waals surface area contributed by atoms with E-state index in [9.17, 15) is 0 Å². The minimum atomic E-state index is -0.0365. The second-order valence-electron chi connectivity index (χ2n) is 6.90. The molecular weight excluding hydrogens is 312 g/mol. The van der Waals surface area contributed by atoms with Crippen molar-refractivity contribution < 1.29 is 4.74 Å². The first-order chi connectivity index (χ1) is 10.9. The number of anilines is 1. The molecule has 5 nitrogen and oxygen atoms in total. The lowest BCUT2D eigenvalue weighted by atomic mass is 9.82. The van der Waals surface area contributed by atoms with Gasteiger partial charge >= 0.3 is 0 Å². The number of halogens is 1. The molecule has 2 aromatic heterocycles. The summed E-state index contributed by atoms with van der Waals surface area (Å²) in [5, 5.41) is 0.871. The highest BCUT2D eigenvalue weighted by atomic mass is 35.5. The lowest BCUT2D eigenvalue weighted by Crippen LogP contribution is -2.24. The number of hydrogen-bond donors (Lipinski definition) is 1. The van der Waals surface area contributed by atoms with Gasteiger partial charge in [-0.2, -0.15) is 0 Å². The van der Waals surface area contributed by atoms with E-state index >= 15 is 0 Å². The van der Waals surface area contributed by atoms with Crippen LogP contribution in [0.2, 0.25) is 0 Å². The summed E-state index contributed by atoms with van der Waals surface area (Å²) in [6, 6.07) is 1.95. The molecule has 2 atom stereocenters. The maximum atomic E-state index is 6.36. The molecule has 3 rings (SSSR count). The number of rotatable bonds is 4. The second kappa shape index (κ2) is 6.13. The van der Waals surface area contributed by atoms with Crippen molar-refractivity contribution in [1.82, 2.24) is 14.5 Å². The van der Waals surface area contributed by atoms with Crippen molar-refractivity contribution in [2.24, 2.45) is 5.41 Å². The van der Waals surface area contributed by atoms with Crippen LogP contribution < -0.4 is 5.73 Å². The van der Waals surface area contributed by atoms with Crippen molar-refractivity contribution >= 4 is 28.5 Å². The molecule has 2 N–H and O–H groups in total. The topological polar surface area (TPSA) is 66.0 Å². The van der Waals surface area contributed by atoms with Crippen molar-refractivity contribution in [1.29, 1.82) is 0 Å². The Morgan fingerprint density at radius 2 is 2.30 bits per heavy atom. The van der Waals surface area contributed by atoms with Crippen LogP contribution >= 0.6 is 11.6 Å². The predicted octanol–water partition coefficient (Wildman–Crippen LogP) is 3.90. The molecule has 2 unspecified atom stereocenters. The van der Waals surface area contributed by atoms with Gasteiger partial charge < -0.3 is 15.0 Å². The Morgan fingerprint density at radius 1 is 1.52 bits per heavy atom. The fourth-order valence-corrected chi connectivity index (χ4v) is 3.49. The summed E-state index contributed by atoms with van der Waals surface area (Å²) < 4.78 is 8.43. The average Bonchev–Trinajstić information content (AvgIpc) is 3.02. The Kier molecular flexibility index (Phi) is 4.34. The number of allylic oxidation sites excluding steroid dienone is 1. The first-order valence-corrected chi connectivity index (χ1v) is 8.40. The van der Waals surface area contributed by atoms with Crippen LogP contribution in [0.5, 0.6) is 0 Å². The van der Waals surface area contributed by atoms with E-state index in [1.165, 1.54) is 11.9 Å². The number of alkyl halides is 1. The zero-order valence-corrected chi connectivity index (χ0v) is 14.5. The first-order valence-electron chi connectivity index (χ1n) is 7.86. The molecule has 1 aliphatic rings. The van der Waals surface area contributed by atoms with E-state index in [1.54, 1.807) is 0 Å². The van der Waals surface area contributed by atoms with Gasteiger partial charge in [-0.1, -0.05) is 25.5 Å². The lowest BCUT2D eigenvalue weighted by molar-refractivity contribution is -0.0113. The van der Waals surface area contributed by atoms with E-state index in [1.807, 2.05) is 18.3 Å². The molecule has 3 heterocycles. The Labute approximate surface area is 141 Å². The Hall–Kier alpha value is -1.59. The molecule has 23 heavy (non-hydrogen) atoms. The molecule has 0 aromatic carbocycles. The van der Waals surface area contributed by atoms with Crippen LogP contribution in [0.4, 0.5) is 5.82 Å². The second-order valence-corrected chi connectivity index (χ2v) is 7.21. The molecule has 0 amide bonds. The van der Waals surface area contributed by atoms with Gasteiger partial charge in [-0.3, -0.25) is 0 Å². The maximum absolute atomic E-state index is 6.36. The molecule has 6 heteroatoms.